The quantitative estimate of drug-likeness (QED) is 0.664. The minimum absolute atomic E-state index is 0.0412. The number of nitrogens with one attached hydrogen (secondary N) is 1. The molecule has 1 aromatic heterocycles. The van der Waals surface area contributed by atoms with E-state index in [0.29, 0.717) is 44.7 Å². The maximum atomic E-state index is 12.9. The van der Waals surface area contributed by atoms with Gasteiger partial charge in [-0.1, -0.05) is 12.1 Å². The van der Waals surface area contributed by atoms with Crippen LogP contribution >= 0.6 is 0 Å². The van der Waals surface area contributed by atoms with Crippen LogP contribution in [0, 0.1) is 0 Å². The SMILES string of the molecule is COc1ccc(CCC(=O)N2CCN(C(=O)c3cc4cc(OC)ccc4[nH]3)CC2)cc1. The topological polar surface area (TPSA) is 74.9 Å². The van der Waals surface area contributed by atoms with E-state index in [1.54, 1.807) is 19.1 Å². The standard InChI is InChI=1S/C24H27N3O4/c1-30-19-6-3-17(4-7-19)5-10-23(28)26-11-13-27(14-12-26)24(29)22-16-18-15-20(31-2)8-9-21(18)25-22/h3-4,6-9,15-16,25H,5,10-14H2,1-2H3. The van der Waals surface area contributed by atoms with Gasteiger partial charge in [-0.05, 0) is 48.4 Å². The Morgan fingerprint density at radius 2 is 1.52 bits per heavy atom. The average molecular weight is 421 g/mol. The van der Waals surface area contributed by atoms with Crippen molar-refractivity contribution in [2.75, 3.05) is 40.4 Å². The number of aryl methyl sites for hydroxylation is 1. The van der Waals surface area contributed by atoms with Crippen molar-refractivity contribution in [1.82, 2.24) is 14.8 Å². The Morgan fingerprint density at radius 3 is 2.19 bits per heavy atom. The van der Waals surface area contributed by atoms with Gasteiger partial charge in [-0.2, -0.15) is 0 Å². The number of methoxy groups -OCH3 is 2. The number of benzene rings is 2. The van der Waals surface area contributed by atoms with Crippen molar-refractivity contribution < 1.29 is 19.1 Å². The molecule has 31 heavy (non-hydrogen) atoms. The molecule has 3 aromatic rings. The van der Waals surface area contributed by atoms with Crippen LogP contribution in [-0.2, 0) is 11.2 Å². The molecule has 7 nitrogen and oxygen atoms in total. The summed E-state index contributed by atoms with van der Waals surface area (Å²) in [5.74, 6) is 1.65. The molecule has 1 aliphatic rings. The van der Waals surface area contributed by atoms with E-state index in [0.717, 1.165) is 28.0 Å². The maximum Gasteiger partial charge on any atom is 0.270 e. The predicted molar refractivity (Wildman–Crippen MR) is 119 cm³/mol. The van der Waals surface area contributed by atoms with Gasteiger partial charge in [-0.15, -0.1) is 0 Å². The summed E-state index contributed by atoms with van der Waals surface area (Å²) < 4.78 is 10.4. The molecule has 1 saturated heterocycles. The van der Waals surface area contributed by atoms with E-state index >= 15 is 0 Å². The zero-order valence-corrected chi connectivity index (χ0v) is 17.9. The largest absolute Gasteiger partial charge is 0.497 e. The third kappa shape index (κ3) is 4.66. The highest BCUT2D eigenvalue weighted by Gasteiger charge is 2.25. The van der Waals surface area contributed by atoms with Gasteiger partial charge in [0.15, 0.2) is 0 Å². The van der Waals surface area contributed by atoms with Crippen molar-refractivity contribution in [1.29, 1.82) is 0 Å². The molecule has 0 unspecified atom stereocenters. The number of piperazine rings is 1. The Hall–Kier alpha value is -3.48. The van der Waals surface area contributed by atoms with Crippen molar-refractivity contribution in [3.05, 3.63) is 59.8 Å². The lowest BCUT2D eigenvalue weighted by Crippen LogP contribution is -2.50. The number of rotatable bonds is 6. The van der Waals surface area contributed by atoms with Crippen molar-refractivity contribution in [3.63, 3.8) is 0 Å². The summed E-state index contributed by atoms with van der Waals surface area (Å²) in [7, 11) is 3.26. The van der Waals surface area contributed by atoms with Crippen LogP contribution in [0.1, 0.15) is 22.5 Å². The molecular weight excluding hydrogens is 394 g/mol. The number of nitrogens with zero attached hydrogens (tertiary/aromatic N) is 2. The number of H-pyrrole nitrogens is 1. The number of fused-ring (bicyclic) bond motifs is 1. The molecule has 0 aliphatic carbocycles. The molecule has 0 saturated carbocycles. The zero-order valence-electron chi connectivity index (χ0n) is 17.9. The van der Waals surface area contributed by atoms with Crippen LogP contribution in [0.4, 0.5) is 0 Å². The van der Waals surface area contributed by atoms with E-state index in [9.17, 15) is 9.59 Å². The first kappa shape index (κ1) is 20.8. The Kier molecular flexibility index (Phi) is 6.11. The highest BCUT2D eigenvalue weighted by Crippen LogP contribution is 2.22. The van der Waals surface area contributed by atoms with E-state index in [1.807, 2.05) is 53.4 Å². The second-order valence-electron chi connectivity index (χ2n) is 7.66. The van der Waals surface area contributed by atoms with Crippen LogP contribution in [-0.4, -0.2) is 67.0 Å². The molecular formula is C24H27N3O4. The van der Waals surface area contributed by atoms with Crippen LogP contribution in [0.15, 0.2) is 48.5 Å². The summed E-state index contributed by atoms with van der Waals surface area (Å²) in [5, 5.41) is 0.940. The van der Waals surface area contributed by atoms with Gasteiger partial charge in [0.2, 0.25) is 5.91 Å². The van der Waals surface area contributed by atoms with Crippen LogP contribution in [0.3, 0.4) is 0 Å². The van der Waals surface area contributed by atoms with Gasteiger partial charge in [0, 0.05) is 43.5 Å². The van der Waals surface area contributed by atoms with Crippen LogP contribution in [0.25, 0.3) is 10.9 Å². The van der Waals surface area contributed by atoms with E-state index in [-0.39, 0.29) is 11.8 Å². The fourth-order valence-corrected chi connectivity index (χ4v) is 3.88. The Balaban J connectivity index is 1.30. The second kappa shape index (κ2) is 9.12. The highest BCUT2D eigenvalue weighted by molar-refractivity contribution is 5.98. The minimum atomic E-state index is -0.0412. The first-order valence-corrected chi connectivity index (χ1v) is 10.4. The summed E-state index contributed by atoms with van der Waals surface area (Å²) >= 11 is 0. The van der Waals surface area contributed by atoms with Crippen LogP contribution in [0.2, 0.25) is 0 Å². The van der Waals surface area contributed by atoms with Gasteiger partial charge >= 0.3 is 0 Å². The number of hydrogen-bond acceptors (Lipinski definition) is 4. The lowest BCUT2D eigenvalue weighted by molar-refractivity contribution is -0.132. The number of carbonyl (C=O) groups is 2. The molecule has 1 aliphatic heterocycles. The van der Waals surface area contributed by atoms with E-state index < -0.39 is 0 Å². The van der Waals surface area contributed by atoms with Crippen molar-refractivity contribution in [3.8, 4) is 11.5 Å². The molecule has 0 atom stereocenters. The number of carbonyl (C=O) groups excluding carboxylic acids is 2. The fraction of sp³-hybridized carbons (Fsp3) is 0.333. The summed E-state index contributed by atoms with van der Waals surface area (Å²) in [5.41, 5.74) is 2.57. The van der Waals surface area contributed by atoms with E-state index in [2.05, 4.69) is 4.98 Å². The van der Waals surface area contributed by atoms with Gasteiger partial charge in [0.25, 0.3) is 5.91 Å². The van der Waals surface area contributed by atoms with Gasteiger partial charge < -0.3 is 24.3 Å². The third-order valence-corrected chi connectivity index (χ3v) is 5.76. The molecule has 1 N–H and O–H groups in total. The molecule has 2 amide bonds. The maximum absolute atomic E-state index is 12.9. The summed E-state index contributed by atoms with van der Waals surface area (Å²) in [4.78, 5) is 32.4. The smallest absolute Gasteiger partial charge is 0.270 e. The van der Waals surface area contributed by atoms with Gasteiger partial charge in [-0.3, -0.25) is 9.59 Å². The first-order valence-electron chi connectivity index (χ1n) is 10.4. The second-order valence-corrected chi connectivity index (χ2v) is 7.66. The number of hydrogen-bond donors (Lipinski definition) is 1. The lowest BCUT2D eigenvalue weighted by atomic mass is 10.1. The summed E-state index contributed by atoms with van der Waals surface area (Å²) in [6.07, 6.45) is 1.16. The molecule has 162 valence electrons. The van der Waals surface area contributed by atoms with Crippen LogP contribution in [0.5, 0.6) is 11.5 Å². The van der Waals surface area contributed by atoms with Crippen molar-refractivity contribution >= 4 is 22.7 Å². The lowest BCUT2D eigenvalue weighted by Gasteiger charge is -2.34. The third-order valence-electron chi connectivity index (χ3n) is 5.76. The molecule has 2 heterocycles. The first-order chi connectivity index (χ1) is 15.1. The number of amides is 2. The van der Waals surface area contributed by atoms with E-state index in [4.69, 9.17) is 9.47 Å². The predicted octanol–water partition coefficient (Wildman–Crippen LogP) is 3.10. The van der Waals surface area contributed by atoms with Crippen molar-refractivity contribution in [2.45, 2.75) is 12.8 Å². The Bertz CT molecular complexity index is 1070. The Labute approximate surface area is 181 Å². The highest BCUT2D eigenvalue weighted by atomic mass is 16.5. The van der Waals surface area contributed by atoms with E-state index in [1.165, 1.54) is 0 Å². The fourth-order valence-electron chi connectivity index (χ4n) is 3.88. The average Bonchev–Trinajstić information content (AvgIpc) is 3.25. The zero-order chi connectivity index (χ0) is 21.8. The minimum Gasteiger partial charge on any atom is -0.497 e. The monoisotopic (exact) mass is 421 g/mol. The van der Waals surface area contributed by atoms with Gasteiger partial charge in [0.1, 0.15) is 17.2 Å². The van der Waals surface area contributed by atoms with Crippen molar-refractivity contribution in [2.24, 2.45) is 0 Å². The number of aromatic nitrogens is 1. The molecule has 4 rings (SSSR count). The number of ether oxygens (including phenoxy) is 2. The molecule has 1 fully saturated rings. The summed E-state index contributed by atoms with van der Waals surface area (Å²) in [6, 6.07) is 15.3. The summed E-state index contributed by atoms with van der Waals surface area (Å²) in [6.45, 7) is 2.18. The molecule has 2 aromatic carbocycles. The molecule has 7 heteroatoms. The molecule has 0 spiro atoms. The van der Waals surface area contributed by atoms with Crippen LogP contribution < -0.4 is 9.47 Å². The normalized spacial score (nSPS) is 14.0. The Morgan fingerprint density at radius 1 is 0.871 bits per heavy atom. The molecule has 0 bridgehead atoms. The van der Waals surface area contributed by atoms with Gasteiger partial charge in [0.05, 0.1) is 14.2 Å². The number of aromatic amines is 1. The van der Waals surface area contributed by atoms with Gasteiger partial charge in [-0.25, -0.2) is 0 Å². The molecule has 0 radical (unpaired) electrons.